The molecule has 0 saturated heterocycles. The van der Waals surface area contributed by atoms with Gasteiger partial charge < -0.3 is 15.8 Å². The number of carbonyl (C=O) groups is 1. The first kappa shape index (κ1) is 14.8. The van der Waals surface area contributed by atoms with Crippen molar-refractivity contribution in [3.63, 3.8) is 0 Å². The van der Waals surface area contributed by atoms with Crippen LogP contribution in [0.5, 0.6) is 0 Å². The summed E-state index contributed by atoms with van der Waals surface area (Å²) in [5.41, 5.74) is 6.10. The van der Waals surface area contributed by atoms with E-state index < -0.39 is 5.82 Å². The first-order valence-corrected chi connectivity index (χ1v) is 7.11. The molecule has 0 heterocycles. The molecule has 0 unspecified atom stereocenters. The van der Waals surface area contributed by atoms with Crippen molar-refractivity contribution >= 4 is 11.6 Å². The summed E-state index contributed by atoms with van der Waals surface area (Å²) in [5, 5.41) is 2.70. The van der Waals surface area contributed by atoms with Gasteiger partial charge in [-0.1, -0.05) is 19.3 Å². The number of halogens is 1. The van der Waals surface area contributed by atoms with Crippen LogP contribution < -0.4 is 11.1 Å². The summed E-state index contributed by atoms with van der Waals surface area (Å²) >= 11 is 0. The third-order valence-electron chi connectivity index (χ3n) is 3.55. The summed E-state index contributed by atoms with van der Waals surface area (Å²) in [6.07, 6.45) is 6.25. The van der Waals surface area contributed by atoms with Crippen LogP contribution in [0, 0.1) is 5.82 Å². The zero-order valence-electron chi connectivity index (χ0n) is 11.5. The smallest absolute Gasteiger partial charge is 0.253 e. The van der Waals surface area contributed by atoms with E-state index in [0.717, 1.165) is 18.9 Å². The second-order valence-corrected chi connectivity index (χ2v) is 5.12. The number of nitrogens with two attached hydrogens (primary N) is 1. The Labute approximate surface area is 118 Å². The van der Waals surface area contributed by atoms with E-state index in [2.05, 4.69) is 5.32 Å². The van der Waals surface area contributed by atoms with Gasteiger partial charge in [-0.05, 0) is 31.0 Å². The molecule has 0 radical (unpaired) electrons. The molecule has 1 aliphatic carbocycles. The van der Waals surface area contributed by atoms with Gasteiger partial charge in [-0.25, -0.2) is 4.39 Å². The molecule has 0 aromatic heterocycles. The van der Waals surface area contributed by atoms with Crippen molar-refractivity contribution in [3.8, 4) is 0 Å². The first-order chi connectivity index (χ1) is 9.66. The summed E-state index contributed by atoms with van der Waals surface area (Å²) in [5.74, 6) is -0.836. The van der Waals surface area contributed by atoms with Gasteiger partial charge in [-0.2, -0.15) is 0 Å². The predicted octanol–water partition coefficient (Wildman–Crippen LogP) is 2.49. The van der Waals surface area contributed by atoms with Crippen molar-refractivity contribution in [2.24, 2.45) is 0 Å². The second-order valence-electron chi connectivity index (χ2n) is 5.12. The monoisotopic (exact) mass is 280 g/mol. The van der Waals surface area contributed by atoms with Crippen molar-refractivity contribution in [1.82, 2.24) is 5.32 Å². The average molecular weight is 280 g/mol. The zero-order valence-corrected chi connectivity index (χ0v) is 11.5. The number of benzene rings is 1. The Morgan fingerprint density at radius 2 is 2.10 bits per heavy atom. The van der Waals surface area contributed by atoms with E-state index >= 15 is 0 Å². The average Bonchev–Trinajstić information content (AvgIpc) is 2.47. The Morgan fingerprint density at radius 1 is 1.35 bits per heavy atom. The Hall–Kier alpha value is -1.62. The molecule has 5 heteroatoms. The molecule has 4 nitrogen and oxygen atoms in total. The Kier molecular flexibility index (Phi) is 5.35. The zero-order chi connectivity index (χ0) is 14.4. The molecule has 110 valence electrons. The van der Waals surface area contributed by atoms with Gasteiger partial charge in [0.2, 0.25) is 0 Å². The quantitative estimate of drug-likeness (QED) is 0.643. The van der Waals surface area contributed by atoms with E-state index in [9.17, 15) is 9.18 Å². The molecule has 0 spiro atoms. The summed E-state index contributed by atoms with van der Waals surface area (Å²) in [6.45, 7) is 0.886. The Balaban J connectivity index is 1.73. The minimum Gasteiger partial charge on any atom is -0.398 e. The molecule has 0 bridgehead atoms. The number of nitrogen functional groups attached to an aromatic ring is 1. The van der Waals surface area contributed by atoms with E-state index in [4.69, 9.17) is 10.5 Å². The molecule has 1 aliphatic rings. The number of hydrogen-bond acceptors (Lipinski definition) is 3. The lowest BCUT2D eigenvalue weighted by Crippen LogP contribution is -2.30. The molecule has 0 atom stereocenters. The van der Waals surface area contributed by atoms with Crippen molar-refractivity contribution < 1.29 is 13.9 Å². The first-order valence-electron chi connectivity index (χ1n) is 7.11. The highest BCUT2D eigenvalue weighted by Gasteiger charge is 2.14. The van der Waals surface area contributed by atoms with Gasteiger partial charge in [0.15, 0.2) is 0 Å². The number of amides is 1. The fourth-order valence-electron chi connectivity index (χ4n) is 2.44. The van der Waals surface area contributed by atoms with E-state index in [0.29, 0.717) is 19.3 Å². The van der Waals surface area contributed by atoms with Crippen molar-refractivity contribution in [2.75, 3.05) is 18.9 Å². The number of carbonyl (C=O) groups excluding carboxylic acids is 1. The van der Waals surface area contributed by atoms with Crippen LogP contribution in [-0.2, 0) is 4.74 Å². The lowest BCUT2D eigenvalue weighted by molar-refractivity contribution is 0.0299. The highest BCUT2D eigenvalue weighted by molar-refractivity contribution is 5.99. The molecule has 1 fully saturated rings. The van der Waals surface area contributed by atoms with Gasteiger partial charge in [-0.3, -0.25) is 4.79 Å². The highest BCUT2D eigenvalue weighted by Crippen LogP contribution is 2.20. The van der Waals surface area contributed by atoms with Gasteiger partial charge in [-0.15, -0.1) is 0 Å². The number of hydrogen-bond donors (Lipinski definition) is 2. The Morgan fingerprint density at radius 3 is 2.85 bits per heavy atom. The fourth-order valence-corrected chi connectivity index (χ4v) is 2.44. The highest BCUT2D eigenvalue weighted by atomic mass is 19.1. The van der Waals surface area contributed by atoms with E-state index in [-0.39, 0.29) is 17.2 Å². The molecule has 3 N–H and O–H groups in total. The third-order valence-corrected chi connectivity index (χ3v) is 3.55. The number of ether oxygens (including phenoxy) is 1. The molecule has 0 aliphatic heterocycles. The Bertz CT molecular complexity index is 459. The molecule has 1 aromatic carbocycles. The number of rotatable bonds is 5. The maximum atomic E-state index is 13.1. The van der Waals surface area contributed by atoms with Crippen LogP contribution in [0.2, 0.25) is 0 Å². The molecule has 1 saturated carbocycles. The molecule has 1 aromatic rings. The van der Waals surface area contributed by atoms with Crippen molar-refractivity contribution in [2.45, 2.75) is 38.2 Å². The number of nitrogens with one attached hydrogen (secondary N) is 1. The van der Waals surface area contributed by atoms with Crippen LogP contribution in [0.4, 0.5) is 10.1 Å². The minimum absolute atomic E-state index is 0.169. The van der Waals surface area contributed by atoms with Crippen LogP contribution in [-0.4, -0.2) is 25.2 Å². The van der Waals surface area contributed by atoms with Gasteiger partial charge >= 0.3 is 0 Å². The van der Waals surface area contributed by atoms with E-state index in [1.54, 1.807) is 0 Å². The lowest BCUT2D eigenvalue weighted by atomic mass is 9.98. The summed E-state index contributed by atoms with van der Waals surface area (Å²) < 4.78 is 18.8. The van der Waals surface area contributed by atoms with Gasteiger partial charge in [0.1, 0.15) is 5.82 Å². The van der Waals surface area contributed by atoms with Crippen LogP contribution in [0.3, 0.4) is 0 Å². The van der Waals surface area contributed by atoms with Crippen LogP contribution in [0.1, 0.15) is 42.5 Å². The fraction of sp³-hybridized carbons (Fsp3) is 0.533. The maximum Gasteiger partial charge on any atom is 0.253 e. The van der Waals surface area contributed by atoms with Gasteiger partial charge in [0.05, 0.1) is 18.3 Å². The summed E-state index contributed by atoms with van der Waals surface area (Å²) in [4.78, 5) is 11.9. The molecule has 20 heavy (non-hydrogen) atoms. The molecular weight excluding hydrogens is 259 g/mol. The lowest BCUT2D eigenvalue weighted by Gasteiger charge is -2.22. The van der Waals surface area contributed by atoms with E-state index in [1.165, 1.54) is 31.4 Å². The third kappa shape index (κ3) is 4.20. The normalized spacial score (nSPS) is 16.1. The molecule has 1 amide bonds. The van der Waals surface area contributed by atoms with Crippen LogP contribution in [0.25, 0.3) is 0 Å². The summed E-state index contributed by atoms with van der Waals surface area (Å²) in [6, 6.07) is 3.77. The topological polar surface area (TPSA) is 64.4 Å². The van der Waals surface area contributed by atoms with Crippen molar-refractivity contribution in [1.29, 1.82) is 0 Å². The van der Waals surface area contributed by atoms with Crippen LogP contribution in [0.15, 0.2) is 18.2 Å². The van der Waals surface area contributed by atoms with Crippen molar-refractivity contribution in [3.05, 3.63) is 29.6 Å². The van der Waals surface area contributed by atoms with Gasteiger partial charge in [0, 0.05) is 12.2 Å². The molecule has 2 rings (SSSR count). The van der Waals surface area contributed by atoms with Crippen LogP contribution >= 0.6 is 0 Å². The maximum absolute atomic E-state index is 13.1. The van der Waals surface area contributed by atoms with Gasteiger partial charge in [0.25, 0.3) is 5.91 Å². The SMILES string of the molecule is Nc1ccc(F)cc1C(=O)NCCOC1CCCCC1. The molecular formula is C15H21FN2O2. The summed E-state index contributed by atoms with van der Waals surface area (Å²) in [7, 11) is 0. The number of anilines is 1. The standard InChI is InChI=1S/C15H21FN2O2/c16-11-6-7-14(17)13(10-11)15(19)18-8-9-20-12-4-2-1-3-5-12/h6-7,10,12H,1-5,8-9,17H2,(H,18,19). The van der Waals surface area contributed by atoms with E-state index in [1.807, 2.05) is 0 Å². The predicted molar refractivity (Wildman–Crippen MR) is 76.0 cm³/mol. The largest absolute Gasteiger partial charge is 0.398 e. The minimum atomic E-state index is -0.470. The second kappa shape index (κ2) is 7.24.